The van der Waals surface area contributed by atoms with E-state index in [-0.39, 0.29) is 12.5 Å². The molecule has 0 aliphatic heterocycles. The van der Waals surface area contributed by atoms with Crippen molar-refractivity contribution in [3.05, 3.63) is 35.5 Å². The molecule has 114 valence electrons. The van der Waals surface area contributed by atoms with Gasteiger partial charge < -0.3 is 15.4 Å². The molecule has 0 aliphatic carbocycles. The normalized spacial score (nSPS) is 14.1. The lowest BCUT2D eigenvalue weighted by Gasteiger charge is -2.22. The van der Waals surface area contributed by atoms with Crippen LogP contribution in [0.15, 0.2) is 24.4 Å². The average Bonchev–Trinajstić information content (AvgIpc) is 2.81. The van der Waals surface area contributed by atoms with Gasteiger partial charge in [0, 0.05) is 29.4 Å². The molecule has 0 fully saturated rings. The first kappa shape index (κ1) is 15.9. The van der Waals surface area contributed by atoms with Crippen LogP contribution < -0.4 is 5.32 Å². The summed E-state index contributed by atoms with van der Waals surface area (Å²) in [5, 5.41) is 14.0. The van der Waals surface area contributed by atoms with E-state index in [0.29, 0.717) is 12.2 Å². The van der Waals surface area contributed by atoms with Gasteiger partial charge in [-0.15, -0.1) is 0 Å². The summed E-state index contributed by atoms with van der Waals surface area (Å²) in [5.74, 6) is 0.528. The van der Waals surface area contributed by atoms with Gasteiger partial charge in [-0.25, -0.2) is 0 Å². The summed E-state index contributed by atoms with van der Waals surface area (Å²) in [4.78, 5) is 15.3. The van der Waals surface area contributed by atoms with Gasteiger partial charge in [0.25, 0.3) is 0 Å². The summed E-state index contributed by atoms with van der Waals surface area (Å²) in [5.41, 5.74) is 2.33. The summed E-state index contributed by atoms with van der Waals surface area (Å²) in [7, 11) is 0. The second-order valence-electron chi connectivity index (χ2n) is 5.69. The third kappa shape index (κ3) is 4.02. The van der Waals surface area contributed by atoms with Crippen LogP contribution in [0, 0.1) is 6.92 Å². The molecule has 1 aromatic heterocycles. The van der Waals surface area contributed by atoms with Crippen LogP contribution in [0.5, 0.6) is 0 Å². The van der Waals surface area contributed by atoms with Gasteiger partial charge in [-0.3, -0.25) is 4.79 Å². The zero-order valence-corrected chi connectivity index (χ0v) is 13.5. The minimum atomic E-state index is -0.870. The van der Waals surface area contributed by atoms with Crippen LogP contribution in [0.3, 0.4) is 0 Å². The average molecular weight is 306 g/mol. The fourth-order valence-corrected chi connectivity index (χ4v) is 3.20. The van der Waals surface area contributed by atoms with Gasteiger partial charge in [0.15, 0.2) is 0 Å². The number of aryl methyl sites for hydroxylation is 1. The van der Waals surface area contributed by atoms with Crippen LogP contribution in [0.1, 0.15) is 18.1 Å². The van der Waals surface area contributed by atoms with Crippen LogP contribution in [0.25, 0.3) is 10.9 Å². The van der Waals surface area contributed by atoms with Crippen molar-refractivity contribution in [2.75, 3.05) is 18.6 Å². The van der Waals surface area contributed by atoms with Crippen molar-refractivity contribution in [1.29, 1.82) is 0 Å². The first-order chi connectivity index (χ1) is 9.93. The fraction of sp³-hybridized carbons (Fsp3) is 0.438. The molecule has 1 amide bonds. The molecule has 0 saturated carbocycles. The van der Waals surface area contributed by atoms with Crippen molar-refractivity contribution in [2.24, 2.45) is 0 Å². The number of aromatic amines is 1. The third-order valence-corrected chi connectivity index (χ3v) is 4.38. The lowest BCUT2D eigenvalue weighted by molar-refractivity contribution is -0.121. The van der Waals surface area contributed by atoms with E-state index in [2.05, 4.69) is 10.3 Å². The highest BCUT2D eigenvalue weighted by molar-refractivity contribution is 7.98. The molecule has 5 heteroatoms. The number of nitrogens with one attached hydrogen (secondary N) is 2. The molecular formula is C16H22N2O2S. The van der Waals surface area contributed by atoms with Gasteiger partial charge >= 0.3 is 0 Å². The number of hydrogen-bond donors (Lipinski definition) is 3. The monoisotopic (exact) mass is 306 g/mol. The quantitative estimate of drug-likeness (QED) is 0.767. The van der Waals surface area contributed by atoms with Crippen molar-refractivity contribution >= 4 is 28.6 Å². The SMILES string of the molecule is CSCC(C)(O)CNC(=O)Cc1c[nH]c2cccc(C)c12. The maximum atomic E-state index is 12.1. The highest BCUT2D eigenvalue weighted by Crippen LogP contribution is 2.22. The Labute approximate surface area is 129 Å². The zero-order valence-electron chi connectivity index (χ0n) is 12.7. The topological polar surface area (TPSA) is 65.1 Å². The molecule has 4 nitrogen and oxygen atoms in total. The first-order valence-electron chi connectivity index (χ1n) is 6.96. The number of benzene rings is 1. The largest absolute Gasteiger partial charge is 0.387 e. The van der Waals surface area contributed by atoms with Gasteiger partial charge in [-0.1, -0.05) is 12.1 Å². The third-order valence-electron chi connectivity index (χ3n) is 3.47. The molecular weight excluding hydrogens is 284 g/mol. The van der Waals surface area contributed by atoms with Crippen LogP contribution in [0.2, 0.25) is 0 Å². The van der Waals surface area contributed by atoms with E-state index in [1.165, 1.54) is 0 Å². The minimum Gasteiger partial charge on any atom is -0.387 e. The first-order valence-corrected chi connectivity index (χ1v) is 8.36. The summed E-state index contributed by atoms with van der Waals surface area (Å²) >= 11 is 1.56. The smallest absolute Gasteiger partial charge is 0.224 e. The van der Waals surface area contributed by atoms with Gasteiger partial charge in [0.2, 0.25) is 5.91 Å². The predicted octanol–water partition coefficient (Wildman–Crippen LogP) is 2.25. The van der Waals surface area contributed by atoms with Crippen molar-refractivity contribution in [3.63, 3.8) is 0 Å². The van der Waals surface area contributed by atoms with E-state index in [4.69, 9.17) is 0 Å². The molecule has 1 unspecified atom stereocenters. The summed E-state index contributed by atoms with van der Waals surface area (Å²) in [6.45, 7) is 4.05. The van der Waals surface area contributed by atoms with E-state index >= 15 is 0 Å². The Hall–Kier alpha value is -1.46. The van der Waals surface area contributed by atoms with E-state index in [9.17, 15) is 9.90 Å². The molecule has 0 saturated heterocycles. The molecule has 0 spiro atoms. The maximum absolute atomic E-state index is 12.1. The Morgan fingerprint density at radius 1 is 1.48 bits per heavy atom. The second-order valence-corrected chi connectivity index (χ2v) is 6.56. The zero-order chi connectivity index (χ0) is 15.5. The Kier molecular flexibility index (Phi) is 4.96. The molecule has 3 N–H and O–H groups in total. The number of hydrogen-bond acceptors (Lipinski definition) is 3. The molecule has 1 heterocycles. The van der Waals surface area contributed by atoms with Crippen molar-refractivity contribution in [1.82, 2.24) is 10.3 Å². The standard InChI is InChI=1S/C16H22N2O2S/c1-11-5-4-6-13-15(11)12(8-17-13)7-14(19)18-9-16(2,20)10-21-3/h4-6,8,17,20H,7,9-10H2,1-3H3,(H,18,19). The summed E-state index contributed by atoms with van der Waals surface area (Å²) < 4.78 is 0. The Morgan fingerprint density at radius 3 is 2.95 bits per heavy atom. The molecule has 1 atom stereocenters. The number of rotatable bonds is 6. The molecule has 0 radical (unpaired) electrons. The van der Waals surface area contributed by atoms with Crippen LogP contribution in [-0.4, -0.2) is 40.2 Å². The second kappa shape index (κ2) is 6.54. The molecule has 2 rings (SSSR count). The highest BCUT2D eigenvalue weighted by atomic mass is 32.2. The fourth-order valence-electron chi connectivity index (χ4n) is 2.48. The van der Waals surface area contributed by atoms with E-state index in [1.54, 1.807) is 18.7 Å². The van der Waals surface area contributed by atoms with Crippen LogP contribution in [-0.2, 0) is 11.2 Å². The maximum Gasteiger partial charge on any atom is 0.224 e. The molecule has 0 bridgehead atoms. The number of aromatic nitrogens is 1. The van der Waals surface area contributed by atoms with E-state index in [0.717, 1.165) is 22.0 Å². The number of aliphatic hydroxyl groups is 1. The number of carbonyl (C=O) groups excluding carboxylic acids is 1. The van der Waals surface area contributed by atoms with Gasteiger partial charge in [0.05, 0.1) is 12.0 Å². The Balaban J connectivity index is 2.02. The highest BCUT2D eigenvalue weighted by Gasteiger charge is 2.20. The molecule has 0 aliphatic rings. The van der Waals surface area contributed by atoms with Crippen molar-refractivity contribution in [2.45, 2.75) is 25.9 Å². The molecule has 2 aromatic rings. The van der Waals surface area contributed by atoms with Crippen LogP contribution >= 0.6 is 11.8 Å². The van der Waals surface area contributed by atoms with Crippen molar-refractivity contribution in [3.8, 4) is 0 Å². The Morgan fingerprint density at radius 2 is 2.24 bits per heavy atom. The van der Waals surface area contributed by atoms with E-state index in [1.807, 2.05) is 37.6 Å². The lowest BCUT2D eigenvalue weighted by atomic mass is 10.0. The summed E-state index contributed by atoms with van der Waals surface area (Å²) in [6, 6.07) is 6.05. The number of fused-ring (bicyclic) bond motifs is 1. The number of amides is 1. The van der Waals surface area contributed by atoms with Crippen molar-refractivity contribution < 1.29 is 9.90 Å². The van der Waals surface area contributed by atoms with Crippen LogP contribution in [0.4, 0.5) is 0 Å². The summed E-state index contributed by atoms with van der Waals surface area (Å²) in [6.07, 6.45) is 4.14. The van der Waals surface area contributed by atoms with Gasteiger partial charge in [-0.05, 0) is 37.3 Å². The number of carbonyl (C=O) groups is 1. The number of thioether (sulfide) groups is 1. The lowest BCUT2D eigenvalue weighted by Crippen LogP contribution is -2.42. The van der Waals surface area contributed by atoms with Gasteiger partial charge in [-0.2, -0.15) is 11.8 Å². The van der Waals surface area contributed by atoms with E-state index < -0.39 is 5.60 Å². The van der Waals surface area contributed by atoms with Gasteiger partial charge in [0.1, 0.15) is 0 Å². The number of H-pyrrole nitrogens is 1. The molecule has 21 heavy (non-hydrogen) atoms. The minimum absolute atomic E-state index is 0.0690. The molecule has 1 aromatic carbocycles. The Bertz CT molecular complexity index is 634. The predicted molar refractivity (Wildman–Crippen MR) is 88.8 cm³/mol.